The summed E-state index contributed by atoms with van der Waals surface area (Å²) in [6.07, 6.45) is 0.955. The lowest BCUT2D eigenvalue weighted by molar-refractivity contribution is -0.132. The summed E-state index contributed by atoms with van der Waals surface area (Å²) in [5.41, 5.74) is 1.18. The highest BCUT2D eigenvalue weighted by Crippen LogP contribution is 2.18. The molecule has 1 fully saturated rings. The van der Waals surface area contributed by atoms with E-state index in [0.29, 0.717) is 39.0 Å². The molecule has 7 heteroatoms. The van der Waals surface area contributed by atoms with Gasteiger partial charge in [0.15, 0.2) is 0 Å². The number of carbonyl (C=O) groups excluding carboxylic acids is 2. The first-order valence-electron chi connectivity index (χ1n) is 8.90. The van der Waals surface area contributed by atoms with Crippen molar-refractivity contribution in [1.82, 2.24) is 9.80 Å². The number of carboxylic acids is 1. The Kier molecular flexibility index (Phi) is 5.91. The number of carbonyl (C=O) groups is 3. The topological polar surface area (TPSA) is 77.9 Å². The molecule has 0 unspecified atom stereocenters. The van der Waals surface area contributed by atoms with Crippen molar-refractivity contribution in [3.8, 4) is 0 Å². The molecule has 2 aromatic rings. The van der Waals surface area contributed by atoms with Gasteiger partial charge in [-0.1, -0.05) is 12.1 Å². The van der Waals surface area contributed by atoms with Crippen LogP contribution in [-0.4, -0.2) is 58.9 Å². The van der Waals surface area contributed by atoms with Crippen LogP contribution in [0.15, 0.2) is 36.4 Å². The fourth-order valence-corrected chi connectivity index (χ4v) is 3.92. The maximum Gasteiger partial charge on any atom is 0.335 e. The number of hydrogen-bond donors (Lipinski definition) is 1. The molecule has 0 saturated carbocycles. The number of nitrogens with zero attached hydrogens (tertiary/aromatic N) is 2. The van der Waals surface area contributed by atoms with Crippen LogP contribution in [0.3, 0.4) is 0 Å². The van der Waals surface area contributed by atoms with Gasteiger partial charge in [0, 0.05) is 37.5 Å². The molecule has 1 N–H and O–H groups in total. The first-order chi connectivity index (χ1) is 12.9. The number of piperazine rings is 1. The van der Waals surface area contributed by atoms with Crippen LogP contribution in [-0.2, 0) is 11.2 Å². The molecule has 1 saturated heterocycles. The highest BCUT2D eigenvalue weighted by Gasteiger charge is 2.25. The summed E-state index contributed by atoms with van der Waals surface area (Å²) in [4.78, 5) is 41.2. The van der Waals surface area contributed by atoms with Gasteiger partial charge in [0.25, 0.3) is 5.91 Å². The molecule has 1 aliphatic heterocycles. The maximum atomic E-state index is 12.5. The highest BCUT2D eigenvalue weighted by molar-refractivity contribution is 7.13. The fourth-order valence-electron chi connectivity index (χ4n) is 3.09. The second kappa shape index (κ2) is 8.35. The molecule has 3 rings (SSSR count). The first kappa shape index (κ1) is 19.1. The summed E-state index contributed by atoms with van der Waals surface area (Å²) in [6, 6.07) is 10.4. The number of benzene rings is 1. The molecule has 0 aliphatic carbocycles. The minimum Gasteiger partial charge on any atom is -0.478 e. The molecule has 0 radical (unpaired) electrons. The van der Waals surface area contributed by atoms with E-state index in [-0.39, 0.29) is 17.4 Å². The van der Waals surface area contributed by atoms with Gasteiger partial charge in [-0.2, -0.15) is 0 Å². The van der Waals surface area contributed by atoms with Crippen molar-refractivity contribution in [2.24, 2.45) is 0 Å². The van der Waals surface area contributed by atoms with E-state index < -0.39 is 5.97 Å². The van der Waals surface area contributed by atoms with Gasteiger partial charge in [0.1, 0.15) is 0 Å². The van der Waals surface area contributed by atoms with Crippen molar-refractivity contribution in [1.29, 1.82) is 0 Å². The average molecular weight is 386 g/mol. The van der Waals surface area contributed by atoms with Crippen molar-refractivity contribution in [3.63, 3.8) is 0 Å². The van der Waals surface area contributed by atoms with E-state index in [2.05, 4.69) is 0 Å². The number of amides is 2. The summed E-state index contributed by atoms with van der Waals surface area (Å²) in [6.45, 7) is 4.18. The zero-order chi connectivity index (χ0) is 19.4. The molecule has 1 aromatic carbocycles. The molecular formula is C20H22N2O4S. The minimum atomic E-state index is -0.956. The summed E-state index contributed by atoms with van der Waals surface area (Å²) >= 11 is 1.50. The Balaban J connectivity index is 1.47. The van der Waals surface area contributed by atoms with Crippen LogP contribution in [0.1, 0.15) is 36.9 Å². The van der Waals surface area contributed by atoms with Crippen LogP contribution in [0.4, 0.5) is 0 Å². The second-order valence-corrected chi connectivity index (χ2v) is 7.87. The Labute approximate surface area is 162 Å². The van der Waals surface area contributed by atoms with Crippen LogP contribution in [0.25, 0.3) is 0 Å². The Morgan fingerprint density at radius 1 is 0.963 bits per heavy atom. The Bertz CT molecular complexity index is 836. The van der Waals surface area contributed by atoms with E-state index in [1.807, 2.05) is 19.1 Å². The van der Waals surface area contributed by atoms with E-state index in [9.17, 15) is 14.4 Å². The van der Waals surface area contributed by atoms with E-state index in [1.165, 1.54) is 11.3 Å². The predicted molar refractivity (Wildman–Crippen MR) is 103 cm³/mol. The number of hydrogen-bond acceptors (Lipinski definition) is 4. The summed E-state index contributed by atoms with van der Waals surface area (Å²) < 4.78 is 0. The van der Waals surface area contributed by atoms with Crippen molar-refractivity contribution < 1.29 is 19.5 Å². The Hall–Kier alpha value is -2.67. The lowest BCUT2D eigenvalue weighted by Gasteiger charge is -2.34. The number of aryl methyl sites for hydroxylation is 2. The van der Waals surface area contributed by atoms with Crippen molar-refractivity contribution in [3.05, 3.63) is 57.3 Å². The third-order valence-corrected chi connectivity index (χ3v) is 5.69. The second-order valence-electron chi connectivity index (χ2n) is 6.59. The lowest BCUT2D eigenvalue weighted by Crippen LogP contribution is -2.50. The van der Waals surface area contributed by atoms with Crippen molar-refractivity contribution in [2.75, 3.05) is 26.2 Å². The summed E-state index contributed by atoms with van der Waals surface area (Å²) in [7, 11) is 0. The molecule has 0 bridgehead atoms. The average Bonchev–Trinajstić information content (AvgIpc) is 3.12. The van der Waals surface area contributed by atoms with E-state index in [4.69, 9.17) is 5.11 Å². The van der Waals surface area contributed by atoms with Crippen LogP contribution in [0.5, 0.6) is 0 Å². The molecule has 0 spiro atoms. The predicted octanol–water partition coefficient (Wildman–Crippen LogP) is 2.67. The molecule has 2 amide bonds. The molecule has 27 heavy (non-hydrogen) atoms. The highest BCUT2D eigenvalue weighted by atomic mass is 32.1. The monoisotopic (exact) mass is 386 g/mol. The zero-order valence-corrected chi connectivity index (χ0v) is 16.0. The Morgan fingerprint density at radius 3 is 2.15 bits per heavy atom. The molecule has 6 nitrogen and oxygen atoms in total. The van der Waals surface area contributed by atoms with Crippen LogP contribution in [0, 0.1) is 6.92 Å². The third-order valence-electron chi connectivity index (χ3n) is 4.70. The van der Waals surface area contributed by atoms with Gasteiger partial charge in [-0.3, -0.25) is 9.59 Å². The summed E-state index contributed by atoms with van der Waals surface area (Å²) in [5, 5.41) is 8.91. The molecule has 1 aliphatic rings. The fraction of sp³-hybridized carbons (Fsp3) is 0.350. The smallest absolute Gasteiger partial charge is 0.335 e. The van der Waals surface area contributed by atoms with Crippen LogP contribution < -0.4 is 0 Å². The SMILES string of the molecule is Cc1ccc(C(=O)N2CCN(C(=O)CCc3ccc(C(=O)O)cc3)CC2)s1. The van der Waals surface area contributed by atoms with Gasteiger partial charge in [0.2, 0.25) is 5.91 Å². The molecule has 0 atom stereocenters. The zero-order valence-electron chi connectivity index (χ0n) is 15.2. The number of aromatic carboxylic acids is 1. The maximum absolute atomic E-state index is 12.5. The molecule has 142 valence electrons. The third kappa shape index (κ3) is 4.74. The lowest BCUT2D eigenvalue weighted by atomic mass is 10.1. The summed E-state index contributed by atoms with van der Waals surface area (Å²) in [5.74, 6) is -0.849. The van der Waals surface area contributed by atoms with Gasteiger partial charge >= 0.3 is 5.97 Å². The van der Waals surface area contributed by atoms with E-state index in [1.54, 1.807) is 34.1 Å². The standard InChI is InChI=1S/C20H22N2O4S/c1-14-2-8-17(27-14)19(24)22-12-10-21(11-13-22)18(23)9-5-15-3-6-16(7-4-15)20(25)26/h2-4,6-8H,5,9-13H2,1H3,(H,25,26). The van der Waals surface area contributed by atoms with Gasteiger partial charge in [-0.05, 0) is 43.2 Å². The Morgan fingerprint density at radius 2 is 1.59 bits per heavy atom. The largest absolute Gasteiger partial charge is 0.478 e. The van der Waals surface area contributed by atoms with Gasteiger partial charge in [-0.25, -0.2) is 4.79 Å². The van der Waals surface area contributed by atoms with Gasteiger partial charge < -0.3 is 14.9 Å². The molecule has 1 aromatic heterocycles. The van der Waals surface area contributed by atoms with E-state index >= 15 is 0 Å². The van der Waals surface area contributed by atoms with Crippen molar-refractivity contribution in [2.45, 2.75) is 19.8 Å². The number of thiophene rings is 1. The first-order valence-corrected chi connectivity index (χ1v) is 9.71. The van der Waals surface area contributed by atoms with Gasteiger partial charge in [-0.15, -0.1) is 11.3 Å². The molecular weight excluding hydrogens is 364 g/mol. The quantitative estimate of drug-likeness (QED) is 0.857. The minimum absolute atomic E-state index is 0.0405. The van der Waals surface area contributed by atoms with Crippen molar-refractivity contribution >= 4 is 29.1 Å². The van der Waals surface area contributed by atoms with E-state index in [0.717, 1.165) is 15.3 Å². The normalized spacial score (nSPS) is 14.3. The number of carboxylic acid groups (broad SMARTS) is 1. The molecule has 2 heterocycles. The van der Waals surface area contributed by atoms with Crippen LogP contribution in [0.2, 0.25) is 0 Å². The van der Waals surface area contributed by atoms with Crippen LogP contribution >= 0.6 is 11.3 Å². The number of rotatable bonds is 5. The van der Waals surface area contributed by atoms with Gasteiger partial charge in [0.05, 0.1) is 10.4 Å².